The molecule has 3 heterocycles. The molecule has 3 N–H and O–H groups in total. The number of aliphatic hydroxyl groups excluding tert-OH is 1. The number of carbonyl (C=O) groups is 2. The van der Waals surface area contributed by atoms with Crippen molar-refractivity contribution in [1.82, 2.24) is 19.4 Å². The third-order valence-corrected chi connectivity index (χ3v) is 6.19. The van der Waals surface area contributed by atoms with Gasteiger partial charge in [0.15, 0.2) is 11.8 Å². The first-order chi connectivity index (χ1) is 16.3. The van der Waals surface area contributed by atoms with Gasteiger partial charge in [-0.3, -0.25) is 14.5 Å². The number of ether oxygens (including phenoxy) is 1. The Bertz CT molecular complexity index is 1180. The van der Waals surface area contributed by atoms with E-state index in [1.54, 1.807) is 14.0 Å². The number of hydrogen-bond donors (Lipinski definition) is 2. The largest absolute Gasteiger partial charge is 0.491 e. The van der Waals surface area contributed by atoms with Gasteiger partial charge in [0, 0.05) is 26.2 Å². The van der Waals surface area contributed by atoms with Gasteiger partial charge in [0.25, 0.3) is 11.8 Å². The zero-order valence-electron chi connectivity index (χ0n) is 19.3. The average Bonchev–Trinajstić information content (AvgIpc) is 3.42. The lowest BCUT2D eigenvalue weighted by atomic mass is 10.1. The molecule has 0 saturated carbocycles. The molecule has 4 rings (SSSR count). The molecular formula is C24H28FN5O4. The summed E-state index contributed by atoms with van der Waals surface area (Å²) in [5.74, 6) is 3.85. The van der Waals surface area contributed by atoms with E-state index in [1.807, 2.05) is 4.57 Å². The molecular weight excluding hydrogens is 441 g/mol. The van der Waals surface area contributed by atoms with E-state index < -0.39 is 23.7 Å². The highest BCUT2D eigenvalue weighted by atomic mass is 19.1. The molecule has 0 aliphatic carbocycles. The number of amides is 2. The molecule has 0 bridgehead atoms. The molecule has 1 aromatic carbocycles. The first kappa shape index (κ1) is 23.7. The molecule has 10 heteroatoms. The summed E-state index contributed by atoms with van der Waals surface area (Å²) >= 11 is 0. The van der Waals surface area contributed by atoms with Gasteiger partial charge in [0.1, 0.15) is 24.0 Å². The number of aliphatic hydroxyl groups is 1. The molecule has 180 valence electrons. The van der Waals surface area contributed by atoms with Crippen molar-refractivity contribution in [2.24, 2.45) is 5.73 Å². The van der Waals surface area contributed by atoms with Crippen molar-refractivity contribution in [3.05, 3.63) is 34.9 Å². The van der Waals surface area contributed by atoms with Crippen molar-refractivity contribution < 1.29 is 23.8 Å². The van der Waals surface area contributed by atoms with Gasteiger partial charge >= 0.3 is 0 Å². The van der Waals surface area contributed by atoms with Crippen LogP contribution in [0, 0.1) is 17.7 Å². The van der Waals surface area contributed by atoms with Gasteiger partial charge in [-0.05, 0) is 38.9 Å². The fourth-order valence-corrected chi connectivity index (χ4v) is 4.21. The minimum atomic E-state index is -1.57. The Morgan fingerprint density at radius 3 is 2.74 bits per heavy atom. The highest BCUT2D eigenvalue weighted by Gasteiger charge is 2.28. The van der Waals surface area contributed by atoms with Crippen LogP contribution in [0.1, 0.15) is 41.5 Å². The van der Waals surface area contributed by atoms with Crippen molar-refractivity contribution in [2.45, 2.75) is 39.0 Å². The summed E-state index contributed by atoms with van der Waals surface area (Å²) in [7, 11) is 1.55. The summed E-state index contributed by atoms with van der Waals surface area (Å²) in [6, 6.07) is 2.67. The predicted molar refractivity (Wildman–Crippen MR) is 122 cm³/mol. The molecule has 1 aromatic heterocycles. The monoisotopic (exact) mass is 469 g/mol. The summed E-state index contributed by atoms with van der Waals surface area (Å²) in [5.41, 5.74) is 6.99. The van der Waals surface area contributed by atoms with Crippen LogP contribution in [0.3, 0.4) is 0 Å². The average molecular weight is 470 g/mol. The molecule has 2 amide bonds. The van der Waals surface area contributed by atoms with Crippen molar-refractivity contribution >= 4 is 11.8 Å². The van der Waals surface area contributed by atoms with E-state index in [-0.39, 0.29) is 23.6 Å². The molecule has 2 aromatic rings. The lowest BCUT2D eigenvalue weighted by Gasteiger charge is -2.17. The van der Waals surface area contributed by atoms with E-state index in [4.69, 9.17) is 10.5 Å². The number of carbonyl (C=O) groups excluding carboxylic acids is 2. The fraction of sp³-hybridized carbons (Fsp3) is 0.458. The van der Waals surface area contributed by atoms with Crippen LogP contribution in [0.25, 0.3) is 11.4 Å². The molecule has 0 spiro atoms. The minimum absolute atomic E-state index is 0.0217. The number of aromatic nitrogens is 2. The molecule has 0 radical (unpaired) electrons. The smallest absolute Gasteiger partial charge is 0.269 e. The van der Waals surface area contributed by atoms with Crippen LogP contribution in [0.2, 0.25) is 0 Å². The van der Waals surface area contributed by atoms with Crippen LogP contribution in [-0.4, -0.2) is 75.7 Å². The van der Waals surface area contributed by atoms with Gasteiger partial charge in [-0.15, -0.1) is 0 Å². The number of imidazole rings is 1. The van der Waals surface area contributed by atoms with E-state index >= 15 is 0 Å². The van der Waals surface area contributed by atoms with Crippen molar-refractivity contribution in [3.63, 3.8) is 0 Å². The number of halogens is 1. The maximum atomic E-state index is 14.8. The Morgan fingerprint density at radius 2 is 2.06 bits per heavy atom. The van der Waals surface area contributed by atoms with Crippen LogP contribution in [0.4, 0.5) is 4.39 Å². The molecule has 34 heavy (non-hydrogen) atoms. The number of likely N-dealkylation sites (tertiary alicyclic amines) is 1. The standard InChI is InChI=1S/C24H28FN5O4/c1-3-28(2)24(33)19(31)7-6-15-12-16-20(13-17(15)25)34-11-10-30-18(14-29-8-4-5-9-29)21(22(26)32)27-23(16)30/h12-13,19,31H,3-5,8-11,14H2,1-2H3,(H2,26,32)/t19-/m1/s1. The van der Waals surface area contributed by atoms with Crippen molar-refractivity contribution in [1.29, 1.82) is 0 Å². The number of nitrogens with two attached hydrogens (primary N) is 1. The second-order valence-electron chi connectivity index (χ2n) is 8.43. The highest BCUT2D eigenvalue weighted by Crippen LogP contribution is 2.36. The minimum Gasteiger partial charge on any atom is -0.491 e. The molecule has 2 aliphatic rings. The summed E-state index contributed by atoms with van der Waals surface area (Å²) in [4.78, 5) is 32.4. The Morgan fingerprint density at radius 1 is 1.32 bits per heavy atom. The molecule has 0 unspecified atom stereocenters. The van der Waals surface area contributed by atoms with Gasteiger partial charge in [-0.25, -0.2) is 9.37 Å². The lowest BCUT2D eigenvalue weighted by Crippen LogP contribution is -2.35. The van der Waals surface area contributed by atoms with Gasteiger partial charge in [-0.1, -0.05) is 11.8 Å². The van der Waals surface area contributed by atoms with E-state index in [1.165, 1.54) is 17.0 Å². The zero-order valence-corrected chi connectivity index (χ0v) is 19.3. The Hall–Kier alpha value is -3.42. The molecule has 1 fully saturated rings. The maximum absolute atomic E-state index is 14.8. The van der Waals surface area contributed by atoms with Crippen LogP contribution in [0.15, 0.2) is 12.1 Å². The van der Waals surface area contributed by atoms with Crippen molar-refractivity contribution in [2.75, 3.05) is 33.3 Å². The first-order valence-corrected chi connectivity index (χ1v) is 11.3. The zero-order chi connectivity index (χ0) is 24.4. The van der Waals surface area contributed by atoms with E-state index in [9.17, 15) is 19.1 Å². The summed E-state index contributed by atoms with van der Waals surface area (Å²) in [6.07, 6.45) is 0.625. The second-order valence-corrected chi connectivity index (χ2v) is 8.43. The van der Waals surface area contributed by atoms with E-state index in [2.05, 4.69) is 21.7 Å². The third-order valence-electron chi connectivity index (χ3n) is 6.19. The topological polar surface area (TPSA) is 114 Å². The predicted octanol–water partition coefficient (Wildman–Crippen LogP) is 0.967. The number of likely N-dealkylation sites (N-methyl/N-ethyl adjacent to an activating group) is 1. The molecule has 2 aliphatic heterocycles. The quantitative estimate of drug-likeness (QED) is 0.631. The van der Waals surface area contributed by atoms with E-state index in [0.717, 1.165) is 25.9 Å². The summed E-state index contributed by atoms with van der Waals surface area (Å²) < 4.78 is 22.4. The normalized spacial score (nSPS) is 15.9. The summed E-state index contributed by atoms with van der Waals surface area (Å²) in [5, 5.41) is 10.1. The number of benzene rings is 1. The number of primary amides is 1. The summed E-state index contributed by atoms with van der Waals surface area (Å²) in [6.45, 7) is 5.27. The highest BCUT2D eigenvalue weighted by molar-refractivity contribution is 5.93. The first-order valence-electron chi connectivity index (χ1n) is 11.3. The second kappa shape index (κ2) is 9.83. The van der Waals surface area contributed by atoms with Crippen LogP contribution >= 0.6 is 0 Å². The van der Waals surface area contributed by atoms with E-state index in [0.29, 0.717) is 36.7 Å². The molecule has 1 saturated heterocycles. The SMILES string of the molecule is CCN(C)C(=O)[C@H](O)C#Cc1cc2c(cc1F)OCCn1c-2nc(C(N)=O)c1CN1CCCC1. The van der Waals surface area contributed by atoms with Gasteiger partial charge < -0.3 is 25.0 Å². The number of hydrogen-bond acceptors (Lipinski definition) is 6. The fourth-order valence-electron chi connectivity index (χ4n) is 4.21. The Balaban J connectivity index is 1.75. The lowest BCUT2D eigenvalue weighted by molar-refractivity contribution is -0.135. The molecule has 9 nitrogen and oxygen atoms in total. The molecule has 1 atom stereocenters. The van der Waals surface area contributed by atoms with Crippen molar-refractivity contribution in [3.8, 4) is 29.0 Å². The number of rotatable bonds is 5. The van der Waals surface area contributed by atoms with Gasteiger partial charge in [0.2, 0.25) is 0 Å². The van der Waals surface area contributed by atoms with Crippen LogP contribution < -0.4 is 10.5 Å². The maximum Gasteiger partial charge on any atom is 0.269 e. The Kier molecular flexibility index (Phi) is 6.86. The van der Waals surface area contributed by atoms with Crippen LogP contribution in [0.5, 0.6) is 5.75 Å². The number of fused-ring (bicyclic) bond motifs is 3. The number of nitrogens with zero attached hydrogens (tertiary/aromatic N) is 4. The Labute approximate surface area is 197 Å². The third kappa shape index (κ3) is 4.62. The van der Waals surface area contributed by atoms with Gasteiger partial charge in [0.05, 0.1) is 23.4 Å². The van der Waals surface area contributed by atoms with Gasteiger partial charge in [-0.2, -0.15) is 0 Å². The van der Waals surface area contributed by atoms with Crippen LogP contribution in [-0.2, 0) is 17.9 Å².